The second-order valence-corrected chi connectivity index (χ2v) is 4.90. The molecule has 0 fully saturated rings. The first kappa shape index (κ1) is 16.1. The quantitative estimate of drug-likeness (QED) is 0.636. The van der Waals surface area contributed by atoms with Gasteiger partial charge in [-0.3, -0.25) is 0 Å². The van der Waals surface area contributed by atoms with Crippen LogP contribution in [0, 0.1) is 0 Å². The number of rotatable bonds is 8. The summed E-state index contributed by atoms with van der Waals surface area (Å²) in [6.45, 7) is 9.56. The molecule has 1 unspecified atom stereocenters. The second-order valence-electron chi connectivity index (χ2n) is 4.90. The van der Waals surface area contributed by atoms with E-state index in [2.05, 4.69) is 25.7 Å². The fourth-order valence-corrected chi connectivity index (χ4v) is 1.43. The molecule has 2 heteroatoms. The minimum absolute atomic E-state index is 0.144. The molecule has 2 N–H and O–H groups in total. The van der Waals surface area contributed by atoms with Crippen molar-refractivity contribution in [3.8, 4) is 0 Å². The van der Waals surface area contributed by atoms with Gasteiger partial charge in [-0.15, -0.1) is 6.58 Å². The predicted octanol–water partition coefficient (Wildman–Crippen LogP) is 3.37. The molecule has 2 nitrogen and oxygen atoms in total. The smallest absolute Gasteiger partial charge is 0.0800 e. The van der Waals surface area contributed by atoms with Gasteiger partial charge in [0.25, 0.3) is 0 Å². The molecule has 0 heterocycles. The zero-order valence-corrected chi connectivity index (χ0v) is 11.4. The summed E-state index contributed by atoms with van der Waals surface area (Å²) in [5, 5.41) is 18.6. The van der Waals surface area contributed by atoms with Crippen LogP contribution in [0.5, 0.6) is 0 Å². The normalized spacial score (nSPS) is 16.8. The molecule has 0 saturated heterocycles. The first-order chi connectivity index (χ1) is 7.91. The van der Waals surface area contributed by atoms with Crippen LogP contribution in [-0.4, -0.2) is 22.4 Å². The van der Waals surface area contributed by atoms with Crippen molar-refractivity contribution in [2.75, 3.05) is 6.61 Å². The maximum absolute atomic E-state index is 9.73. The van der Waals surface area contributed by atoms with Crippen LogP contribution in [0.25, 0.3) is 0 Å². The highest BCUT2D eigenvalue weighted by molar-refractivity contribution is 5.04. The number of hydrogen-bond donors (Lipinski definition) is 2. The minimum atomic E-state index is -0.760. The lowest BCUT2D eigenvalue weighted by atomic mass is 9.99. The van der Waals surface area contributed by atoms with Crippen LogP contribution in [0.3, 0.4) is 0 Å². The van der Waals surface area contributed by atoms with Crippen molar-refractivity contribution in [2.24, 2.45) is 0 Å². The van der Waals surface area contributed by atoms with Gasteiger partial charge in [-0.1, -0.05) is 29.4 Å². The summed E-state index contributed by atoms with van der Waals surface area (Å²) in [5.41, 5.74) is 1.59. The SMILES string of the molecule is C=CC(C)(O)CCC=C(C)CCC=C(C)CO. The van der Waals surface area contributed by atoms with Crippen molar-refractivity contribution in [3.63, 3.8) is 0 Å². The molecule has 0 aromatic heterocycles. The number of allylic oxidation sites excluding steroid dienone is 3. The van der Waals surface area contributed by atoms with E-state index in [9.17, 15) is 5.11 Å². The molecule has 0 rings (SSSR count). The Labute approximate surface area is 105 Å². The first-order valence-electron chi connectivity index (χ1n) is 6.19. The van der Waals surface area contributed by atoms with Crippen LogP contribution in [-0.2, 0) is 0 Å². The van der Waals surface area contributed by atoms with Crippen LogP contribution < -0.4 is 0 Å². The van der Waals surface area contributed by atoms with E-state index in [1.807, 2.05) is 6.92 Å². The fraction of sp³-hybridized carbons (Fsp3) is 0.600. The van der Waals surface area contributed by atoms with Crippen molar-refractivity contribution < 1.29 is 10.2 Å². The lowest BCUT2D eigenvalue weighted by Crippen LogP contribution is -2.19. The topological polar surface area (TPSA) is 40.5 Å². The van der Waals surface area contributed by atoms with Gasteiger partial charge in [-0.05, 0) is 46.5 Å². The molecule has 0 amide bonds. The predicted molar refractivity (Wildman–Crippen MR) is 73.9 cm³/mol. The Morgan fingerprint density at radius 2 is 1.76 bits per heavy atom. The van der Waals surface area contributed by atoms with Gasteiger partial charge in [0.15, 0.2) is 0 Å². The van der Waals surface area contributed by atoms with E-state index in [4.69, 9.17) is 5.11 Å². The molecule has 98 valence electrons. The zero-order valence-electron chi connectivity index (χ0n) is 11.4. The Balaban J connectivity index is 3.91. The average Bonchev–Trinajstić information content (AvgIpc) is 2.28. The highest BCUT2D eigenvalue weighted by Crippen LogP contribution is 2.15. The highest BCUT2D eigenvalue weighted by Gasteiger charge is 2.13. The minimum Gasteiger partial charge on any atom is -0.392 e. The Kier molecular flexibility index (Phi) is 7.85. The Hall–Kier alpha value is -0.860. The summed E-state index contributed by atoms with van der Waals surface area (Å²) in [6.07, 6.45) is 9.37. The van der Waals surface area contributed by atoms with Gasteiger partial charge in [0.05, 0.1) is 12.2 Å². The molecule has 0 aliphatic heterocycles. The molecule has 1 atom stereocenters. The molecule has 0 aliphatic rings. The summed E-state index contributed by atoms with van der Waals surface area (Å²) in [7, 11) is 0. The second kappa shape index (κ2) is 8.26. The standard InChI is InChI=1S/C15H26O2/c1-5-15(4,17)11-7-10-13(2)8-6-9-14(3)12-16/h5,9-10,16-17H,1,6-8,11-12H2,2-4H3. The summed E-state index contributed by atoms with van der Waals surface area (Å²) >= 11 is 0. The fourth-order valence-electron chi connectivity index (χ4n) is 1.43. The third kappa shape index (κ3) is 8.90. The Bertz CT molecular complexity index is 285. The van der Waals surface area contributed by atoms with Crippen molar-refractivity contribution in [1.29, 1.82) is 0 Å². The van der Waals surface area contributed by atoms with Crippen LogP contribution in [0.15, 0.2) is 36.0 Å². The van der Waals surface area contributed by atoms with Crippen molar-refractivity contribution in [1.82, 2.24) is 0 Å². The third-order valence-electron chi connectivity index (χ3n) is 2.86. The van der Waals surface area contributed by atoms with E-state index in [0.29, 0.717) is 6.42 Å². The number of aliphatic hydroxyl groups excluding tert-OH is 1. The van der Waals surface area contributed by atoms with Gasteiger partial charge >= 0.3 is 0 Å². The number of hydrogen-bond acceptors (Lipinski definition) is 2. The van der Waals surface area contributed by atoms with E-state index >= 15 is 0 Å². The molecular weight excluding hydrogens is 212 g/mol. The lowest BCUT2D eigenvalue weighted by Gasteiger charge is -2.16. The maximum Gasteiger partial charge on any atom is 0.0800 e. The Morgan fingerprint density at radius 1 is 1.18 bits per heavy atom. The van der Waals surface area contributed by atoms with Gasteiger partial charge in [-0.25, -0.2) is 0 Å². The van der Waals surface area contributed by atoms with Gasteiger partial charge < -0.3 is 10.2 Å². The largest absolute Gasteiger partial charge is 0.392 e. The van der Waals surface area contributed by atoms with Crippen LogP contribution in [0.1, 0.15) is 46.5 Å². The molecule has 0 aromatic rings. The molecule has 0 aliphatic carbocycles. The summed E-state index contributed by atoms with van der Waals surface area (Å²) < 4.78 is 0. The Morgan fingerprint density at radius 3 is 2.29 bits per heavy atom. The summed E-state index contributed by atoms with van der Waals surface area (Å²) in [6, 6.07) is 0. The van der Waals surface area contributed by atoms with E-state index in [0.717, 1.165) is 24.8 Å². The molecule has 0 bridgehead atoms. The van der Waals surface area contributed by atoms with Gasteiger partial charge in [0.1, 0.15) is 0 Å². The third-order valence-corrected chi connectivity index (χ3v) is 2.86. The molecule has 0 spiro atoms. The summed E-state index contributed by atoms with van der Waals surface area (Å²) in [5.74, 6) is 0. The average molecular weight is 238 g/mol. The van der Waals surface area contributed by atoms with Crippen LogP contribution in [0.4, 0.5) is 0 Å². The van der Waals surface area contributed by atoms with E-state index in [-0.39, 0.29) is 6.61 Å². The highest BCUT2D eigenvalue weighted by atomic mass is 16.3. The van der Waals surface area contributed by atoms with Crippen molar-refractivity contribution in [3.05, 3.63) is 36.0 Å². The molecule has 0 radical (unpaired) electrons. The first-order valence-corrected chi connectivity index (χ1v) is 6.19. The van der Waals surface area contributed by atoms with Crippen molar-refractivity contribution in [2.45, 2.75) is 52.1 Å². The molecule has 0 aromatic carbocycles. The lowest BCUT2D eigenvalue weighted by molar-refractivity contribution is 0.103. The van der Waals surface area contributed by atoms with E-state index < -0.39 is 5.60 Å². The van der Waals surface area contributed by atoms with E-state index in [1.165, 1.54) is 5.57 Å². The molecule has 17 heavy (non-hydrogen) atoms. The van der Waals surface area contributed by atoms with Crippen LogP contribution >= 0.6 is 0 Å². The maximum atomic E-state index is 9.73. The van der Waals surface area contributed by atoms with Crippen molar-refractivity contribution >= 4 is 0 Å². The van der Waals surface area contributed by atoms with Gasteiger partial charge in [0, 0.05) is 0 Å². The summed E-state index contributed by atoms with van der Waals surface area (Å²) in [4.78, 5) is 0. The monoisotopic (exact) mass is 238 g/mol. The van der Waals surface area contributed by atoms with E-state index in [1.54, 1.807) is 13.0 Å². The molecular formula is C15H26O2. The number of aliphatic hydroxyl groups is 2. The van der Waals surface area contributed by atoms with Crippen LogP contribution in [0.2, 0.25) is 0 Å². The molecule has 0 saturated carbocycles. The van der Waals surface area contributed by atoms with Gasteiger partial charge in [-0.2, -0.15) is 0 Å². The van der Waals surface area contributed by atoms with Gasteiger partial charge in [0.2, 0.25) is 0 Å². The zero-order chi connectivity index (χ0) is 13.3.